The molecule has 1 saturated heterocycles. The Morgan fingerprint density at radius 2 is 2.08 bits per heavy atom. The summed E-state index contributed by atoms with van der Waals surface area (Å²) >= 11 is 12.2. The van der Waals surface area contributed by atoms with E-state index in [9.17, 15) is 0 Å². The van der Waals surface area contributed by atoms with Gasteiger partial charge in [-0.15, -0.1) is 24.0 Å². The van der Waals surface area contributed by atoms with Gasteiger partial charge >= 0.3 is 0 Å². The van der Waals surface area contributed by atoms with Crippen LogP contribution >= 0.6 is 47.2 Å². The van der Waals surface area contributed by atoms with Gasteiger partial charge in [-0.2, -0.15) is 0 Å². The van der Waals surface area contributed by atoms with Crippen LogP contribution in [0.15, 0.2) is 11.1 Å². The highest BCUT2D eigenvalue weighted by Crippen LogP contribution is 2.24. The number of likely N-dealkylation sites (tertiary alicyclic amines) is 1. The highest BCUT2D eigenvalue weighted by Gasteiger charge is 2.20. The molecule has 1 unspecified atom stereocenters. The van der Waals surface area contributed by atoms with Crippen molar-refractivity contribution in [3.05, 3.63) is 21.9 Å². The summed E-state index contributed by atoms with van der Waals surface area (Å²) in [4.78, 5) is 6.91. The molecule has 0 radical (unpaired) electrons. The van der Waals surface area contributed by atoms with Crippen LogP contribution in [0.5, 0.6) is 0 Å². The number of rotatable bonds is 6. The summed E-state index contributed by atoms with van der Waals surface area (Å²) in [5.41, 5.74) is 1.03. The predicted molar refractivity (Wildman–Crippen MR) is 123 cm³/mol. The molecule has 0 bridgehead atoms. The lowest BCUT2D eigenvalue weighted by Gasteiger charge is -2.34. The van der Waals surface area contributed by atoms with E-state index < -0.39 is 0 Å². The molecule has 2 N–H and O–H groups in total. The normalized spacial score (nSPS) is 18.7. The standard InChI is InChI=1S/C18H31Cl2N5.HI/c1-13(2)11-25-7-5-6-14(12-25)9-22-18(21-3)23-10-15-8-16(19)17(20)24(15)4;/h8,13-14H,5-7,9-12H2,1-4H3,(H2,21,22,23);1H. The zero-order chi connectivity index (χ0) is 18.4. The second-order valence-electron chi connectivity index (χ2n) is 7.30. The van der Waals surface area contributed by atoms with E-state index >= 15 is 0 Å². The molecule has 1 aromatic heterocycles. The molecule has 0 aliphatic carbocycles. The molecule has 1 aliphatic heterocycles. The van der Waals surface area contributed by atoms with Gasteiger partial charge in [0.15, 0.2) is 5.96 Å². The molecule has 8 heteroatoms. The fraction of sp³-hybridized carbons (Fsp3) is 0.722. The third kappa shape index (κ3) is 7.09. The molecule has 0 saturated carbocycles. The fourth-order valence-electron chi connectivity index (χ4n) is 3.39. The van der Waals surface area contributed by atoms with Crippen molar-refractivity contribution in [3.8, 4) is 0 Å². The summed E-state index contributed by atoms with van der Waals surface area (Å²) in [7, 11) is 3.71. The quantitative estimate of drug-likeness (QED) is 0.342. The molecule has 2 heterocycles. The lowest BCUT2D eigenvalue weighted by molar-refractivity contribution is 0.159. The van der Waals surface area contributed by atoms with E-state index in [0.717, 1.165) is 24.1 Å². The molecule has 0 spiro atoms. The Morgan fingerprint density at radius 1 is 1.35 bits per heavy atom. The zero-order valence-corrected chi connectivity index (χ0v) is 20.0. The Balaban J connectivity index is 0.00000338. The van der Waals surface area contributed by atoms with E-state index in [4.69, 9.17) is 23.2 Å². The van der Waals surface area contributed by atoms with Crippen molar-refractivity contribution in [3.63, 3.8) is 0 Å². The average molecular weight is 516 g/mol. The first-order valence-electron chi connectivity index (χ1n) is 9.07. The van der Waals surface area contributed by atoms with Crippen LogP contribution < -0.4 is 10.6 Å². The maximum Gasteiger partial charge on any atom is 0.191 e. The van der Waals surface area contributed by atoms with E-state index in [2.05, 4.69) is 34.4 Å². The van der Waals surface area contributed by atoms with Crippen LogP contribution in [0.25, 0.3) is 0 Å². The second kappa shape index (κ2) is 11.6. The number of guanidine groups is 1. The Kier molecular flexibility index (Phi) is 10.7. The summed E-state index contributed by atoms with van der Waals surface area (Å²) in [5.74, 6) is 2.21. The van der Waals surface area contributed by atoms with E-state index in [1.807, 2.05) is 17.7 Å². The molecule has 150 valence electrons. The number of hydrogen-bond acceptors (Lipinski definition) is 2. The van der Waals surface area contributed by atoms with Gasteiger partial charge in [0.25, 0.3) is 0 Å². The van der Waals surface area contributed by atoms with E-state index in [1.54, 1.807) is 7.05 Å². The summed E-state index contributed by atoms with van der Waals surface area (Å²) in [6.45, 7) is 9.75. The average Bonchev–Trinajstić information content (AvgIpc) is 2.82. The van der Waals surface area contributed by atoms with Gasteiger partial charge in [-0.3, -0.25) is 4.99 Å². The maximum absolute atomic E-state index is 6.11. The maximum atomic E-state index is 6.11. The molecular weight excluding hydrogens is 484 g/mol. The van der Waals surface area contributed by atoms with Crippen molar-refractivity contribution < 1.29 is 0 Å². The summed E-state index contributed by atoms with van der Waals surface area (Å²) in [5, 5.41) is 7.94. The van der Waals surface area contributed by atoms with Crippen molar-refractivity contribution in [2.75, 3.05) is 33.2 Å². The second-order valence-corrected chi connectivity index (χ2v) is 8.07. The van der Waals surface area contributed by atoms with Gasteiger partial charge < -0.3 is 20.1 Å². The number of nitrogens with zero attached hydrogens (tertiary/aromatic N) is 3. The topological polar surface area (TPSA) is 44.6 Å². The van der Waals surface area contributed by atoms with E-state index in [-0.39, 0.29) is 24.0 Å². The summed E-state index contributed by atoms with van der Waals surface area (Å²) in [6.07, 6.45) is 2.56. The predicted octanol–water partition coefficient (Wildman–Crippen LogP) is 3.98. The Labute approximate surface area is 184 Å². The minimum atomic E-state index is 0. The fourth-order valence-corrected chi connectivity index (χ4v) is 3.81. The van der Waals surface area contributed by atoms with Crippen LogP contribution in [-0.2, 0) is 13.6 Å². The molecule has 1 fully saturated rings. The van der Waals surface area contributed by atoms with Crippen molar-refractivity contribution in [1.82, 2.24) is 20.1 Å². The number of nitrogens with one attached hydrogen (secondary N) is 2. The first kappa shape index (κ1) is 23.9. The first-order valence-corrected chi connectivity index (χ1v) is 9.82. The van der Waals surface area contributed by atoms with Gasteiger partial charge in [0, 0.05) is 39.4 Å². The van der Waals surface area contributed by atoms with Crippen LogP contribution in [0.4, 0.5) is 0 Å². The van der Waals surface area contributed by atoms with E-state index in [1.165, 1.54) is 32.5 Å². The smallest absolute Gasteiger partial charge is 0.191 e. The van der Waals surface area contributed by atoms with Gasteiger partial charge in [0.2, 0.25) is 0 Å². The van der Waals surface area contributed by atoms with Crippen LogP contribution in [0.2, 0.25) is 10.2 Å². The number of aliphatic imine (C=N–C) groups is 1. The molecule has 5 nitrogen and oxygen atoms in total. The molecule has 26 heavy (non-hydrogen) atoms. The molecular formula is C18H32Cl2IN5. The molecule has 0 amide bonds. The molecule has 1 aromatic rings. The van der Waals surface area contributed by atoms with Gasteiger partial charge in [-0.25, -0.2) is 0 Å². The largest absolute Gasteiger partial charge is 0.356 e. The number of aromatic nitrogens is 1. The lowest BCUT2D eigenvalue weighted by atomic mass is 9.97. The SMILES string of the molecule is CN=C(NCc1cc(Cl)c(Cl)n1C)NCC1CCCN(CC(C)C)C1.I. The molecule has 2 rings (SSSR count). The van der Waals surface area contributed by atoms with Crippen LogP contribution in [0, 0.1) is 11.8 Å². The third-order valence-corrected chi connectivity index (χ3v) is 5.50. The van der Waals surface area contributed by atoms with Crippen LogP contribution in [0.1, 0.15) is 32.4 Å². The first-order chi connectivity index (χ1) is 11.9. The van der Waals surface area contributed by atoms with Crippen molar-refractivity contribution >= 4 is 53.1 Å². The zero-order valence-electron chi connectivity index (χ0n) is 16.2. The summed E-state index contributed by atoms with van der Waals surface area (Å²) in [6, 6.07) is 1.88. The highest BCUT2D eigenvalue weighted by atomic mass is 127. The van der Waals surface area contributed by atoms with Gasteiger partial charge in [0.05, 0.1) is 11.6 Å². The number of hydrogen-bond donors (Lipinski definition) is 2. The Hall–Kier alpha value is -0.180. The minimum absolute atomic E-state index is 0. The van der Waals surface area contributed by atoms with Crippen LogP contribution in [-0.4, -0.2) is 48.7 Å². The van der Waals surface area contributed by atoms with Crippen molar-refractivity contribution in [2.45, 2.75) is 33.2 Å². The van der Waals surface area contributed by atoms with Gasteiger partial charge in [-0.1, -0.05) is 37.0 Å². The molecule has 0 aromatic carbocycles. The Bertz CT molecular complexity index is 588. The molecule has 1 atom stereocenters. The van der Waals surface area contributed by atoms with Crippen molar-refractivity contribution in [2.24, 2.45) is 23.9 Å². The number of piperidine rings is 1. The lowest BCUT2D eigenvalue weighted by Crippen LogP contribution is -2.45. The highest BCUT2D eigenvalue weighted by molar-refractivity contribution is 14.0. The van der Waals surface area contributed by atoms with Crippen LogP contribution in [0.3, 0.4) is 0 Å². The minimum Gasteiger partial charge on any atom is -0.356 e. The van der Waals surface area contributed by atoms with E-state index in [0.29, 0.717) is 22.6 Å². The molecule has 1 aliphatic rings. The van der Waals surface area contributed by atoms with Crippen molar-refractivity contribution in [1.29, 1.82) is 0 Å². The van der Waals surface area contributed by atoms with Gasteiger partial charge in [-0.05, 0) is 37.3 Å². The third-order valence-electron chi connectivity index (χ3n) is 4.66. The number of halogens is 3. The summed E-state index contributed by atoms with van der Waals surface area (Å²) < 4.78 is 1.88. The monoisotopic (exact) mass is 515 g/mol. The van der Waals surface area contributed by atoms with Gasteiger partial charge in [0.1, 0.15) is 5.15 Å². The Morgan fingerprint density at radius 3 is 2.65 bits per heavy atom.